The normalized spacial score (nSPS) is 10.3. The number of rotatable bonds is 7. The van der Waals surface area contributed by atoms with Crippen LogP contribution in [0.15, 0.2) is 42.5 Å². The summed E-state index contributed by atoms with van der Waals surface area (Å²) in [5, 5.41) is 3.42. The number of hydrogen-bond acceptors (Lipinski definition) is 3. The monoisotopic (exact) mass is 374 g/mol. The SMILES string of the molecule is Cc1cc(Cl)ccc1OCC(=O)Nc1ccc(CCC(=O)N(C)C)cc1. The molecule has 0 unspecified atom stereocenters. The molecule has 5 nitrogen and oxygen atoms in total. The summed E-state index contributed by atoms with van der Waals surface area (Å²) in [6.07, 6.45) is 1.14. The highest BCUT2D eigenvalue weighted by Crippen LogP contribution is 2.21. The van der Waals surface area contributed by atoms with Crippen molar-refractivity contribution in [2.75, 3.05) is 26.0 Å². The fourth-order valence-corrected chi connectivity index (χ4v) is 2.57. The molecule has 2 aromatic carbocycles. The molecule has 0 atom stereocenters. The lowest BCUT2D eigenvalue weighted by Gasteiger charge is -2.11. The average Bonchev–Trinajstić information content (AvgIpc) is 2.60. The second-order valence-corrected chi connectivity index (χ2v) is 6.67. The first kappa shape index (κ1) is 19.8. The van der Waals surface area contributed by atoms with Gasteiger partial charge in [-0.2, -0.15) is 0 Å². The molecule has 0 heterocycles. The van der Waals surface area contributed by atoms with Crippen LogP contribution in [0.2, 0.25) is 5.02 Å². The first-order valence-electron chi connectivity index (χ1n) is 8.33. The zero-order valence-corrected chi connectivity index (χ0v) is 16.0. The molecule has 0 aliphatic rings. The smallest absolute Gasteiger partial charge is 0.262 e. The van der Waals surface area contributed by atoms with E-state index in [0.29, 0.717) is 29.3 Å². The molecule has 6 heteroatoms. The van der Waals surface area contributed by atoms with Gasteiger partial charge in [-0.25, -0.2) is 0 Å². The quantitative estimate of drug-likeness (QED) is 0.804. The van der Waals surface area contributed by atoms with E-state index < -0.39 is 0 Å². The van der Waals surface area contributed by atoms with Crippen molar-refractivity contribution in [1.29, 1.82) is 0 Å². The zero-order valence-electron chi connectivity index (χ0n) is 15.2. The van der Waals surface area contributed by atoms with Gasteiger partial charge in [-0.05, 0) is 54.8 Å². The standard InChI is InChI=1S/C20H23ClN2O3/c1-14-12-16(21)7-10-18(14)26-13-19(24)22-17-8-4-15(5-9-17)6-11-20(25)23(2)3/h4-5,7-10,12H,6,11,13H2,1-3H3,(H,22,24). The maximum absolute atomic E-state index is 12.0. The summed E-state index contributed by atoms with van der Waals surface area (Å²) >= 11 is 5.90. The Hall–Kier alpha value is -2.53. The molecular formula is C20H23ClN2O3. The number of carbonyl (C=O) groups is 2. The number of halogens is 1. The molecule has 0 saturated carbocycles. The highest BCUT2D eigenvalue weighted by molar-refractivity contribution is 6.30. The minimum absolute atomic E-state index is 0.0818. The number of anilines is 1. The lowest BCUT2D eigenvalue weighted by Crippen LogP contribution is -2.21. The molecule has 0 aliphatic carbocycles. The van der Waals surface area contributed by atoms with Gasteiger partial charge in [-0.1, -0.05) is 23.7 Å². The Balaban J connectivity index is 1.82. The Kier molecular flexibility index (Phi) is 7.04. The van der Waals surface area contributed by atoms with Gasteiger partial charge in [0.25, 0.3) is 5.91 Å². The number of benzene rings is 2. The number of aryl methyl sites for hydroxylation is 2. The van der Waals surface area contributed by atoms with E-state index in [1.165, 1.54) is 0 Å². The summed E-state index contributed by atoms with van der Waals surface area (Å²) < 4.78 is 5.52. The predicted octanol–water partition coefficient (Wildman–Crippen LogP) is 3.69. The first-order valence-corrected chi connectivity index (χ1v) is 8.71. The molecule has 2 aromatic rings. The van der Waals surface area contributed by atoms with E-state index in [1.54, 1.807) is 37.2 Å². The van der Waals surface area contributed by atoms with Gasteiger partial charge in [0.2, 0.25) is 5.91 Å². The van der Waals surface area contributed by atoms with Crippen molar-refractivity contribution in [2.24, 2.45) is 0 Å². The van der Waals surface area contributed by atoms with Gasteiger partial charge in [0.05, 0.1) is 0 Å². The maximum Gasteiger partial charge on any atom is 0.262 e. The van der Waals surface area contributed by atoms with Crippen LogP contribution in [-0.2, 0) is 16.0 Å². The van der Waals surface area contributed by atoms with Crippen molar-refractivity contribution in [2.45, 2.75) is 19.8 Å². The van der Waals surface area contributed by atoms with E-state index in [9.17, 15) is 9.59 Å². The molecule has 2 rings (SSSR count). The van der Waals surface area contributed by atoms with E-state index in [2.05, 4.69) is 5.32 Å². The van der Waals surface area contributed by atoms with Crippen molar-refractivity contribution < 1.29 is 14.3 Å². The van der Waals surface area contributed by atoms with Crippen LogP contribution in [0.25, 0.3) is 0 Å². The minimum atomic E-state index is -0.241. The van der Waals surface area contributed by atoms with Gasteiger partial charge in [0.1, 0.15) is 5.75 Å². The number of nitrogens with one attached hydrogen (secondary N) is 1. The second kappa shape index (κ2) is 9.25. The van der Waals surface area contributed by atoms with Gasteiger partial charge < -0.3 is 15.0 Å². The highest BCUT2D eigenvalue weighted by Gasteiger charge is 2.07. The molecule has 0 aromatic heterocycles. The van der Waals surface area contributed by atoms with Gasteiger partial charge in [-0.3, -0.25) is 9.59 Å². The van der Waals surface area contributed by atoms with Crippen LogP contribution in [0.5, 0.6) is 5.75 Å². The van der Waals surface area contributed by atoms with Crippen molar-refractivity contribution in [3.05, 3.63) is 58.6 Å². The molecule has 0 radical (unpaired) electrons. The molecule has 2 amide bonds. The lowest BCUT2D eigenvalue weighted by atomic mass is 10.1. The summed E-state index contributed by atoms with van der Waals surface area (Å²) in [6.45, 7) is 1.79. The Bertz CT molecular complexity index is 773. The number of nitrogens with zero attached hydrogens (tertiary/aromatic N) is 1. The van der Waals surface area contributed by atoms with Crippen molar-refractivity contribution in [3.63, 3.8) is 0 Å². The van der Waals surface area contributed by atoms with Crippen molar-refractivity contribution in [1.82, 2.24) is 4.90 Å². The van der Waals surface area contributed by atoms with Gasteiger partial charge in [0, 0.05) is 31.2 Å². The number of hydrogen-bond donors (Lipinski definition) is 1. The minimum Gasteiger partial charge on any atom is -0.483 e. The largest absolute Gasteiger partial charge is 0.483 e. The molecule has 0 fully saturated rings. The third-order valence-electron chi connectivity index (χ3n) is 3.86. The molecule has 138 valence electrons. The fourth-order valence-electron chi connectivity index (χ4n) is 2.34. The Morgan fingerprint density at radius 1 is 1.12 bits per heavy atom. The van der Waals surface area contributed by atoms with E-state index in [1.807, 2.05) is 31.2 Å². The molecular weight excluding hydrogens is 352 g/mol. The summed E-state index contributed by atoms with van der Waals surface area (Å²) in [7, 11) is 3.49. The second-order valence-electron chi connectivity index (χ2n) is 6.23. The number of amides is 2. The number of ether oxygens (including phenoxy) is 1. The fraction of sp³-hybridized carbons (Fsp3) is 0.300. The van der Waals surface area contributed by atoms with Gasteiger partial charge in [-0.15, -0.1) is 0 Å². The predicted molar refractivity (Wildman–Crippen MR) is 104 cm³/mol. The molecule has 0 aliphatic heterocycles. The Morgan fingerprint density at radius 3 is 2.42 bits per heavy atom. The Morgan fingerprint density at radius 2 is 1.81 bits per heavy atom. The number of carbonyl (C=O) groups excluding carboxylic acids is 2. The average molecular weight is 375 g/mol. The molecule has 1 N–H and O–H groups in total. The third kappa shape index (κ3) is 6.08. The maximum atomic E-state index is 12.0. The molecule has 0 spiro atoms. The van der Waals surface area contributed by atoms with Crippen LogP contribution < -0.4 is 10.1 Å². The van der Waals surface area contributed by atoms with E-state index in [4.69, 9.17) is 16.3 Å². The van der Waals surface area contributed by atoms with Crippen molar-refractivity contribution >= 4 is 29.1 Å². The summed E-state index contributed by atoms with van der Waals surface area (Å²) in [4.78, 5) is 25.2. The Labute approximate surface area is 158 Å². The van der Waals surface area contributed by atoms with E-state index >= 15 is 0 Å². The zero-order chi connectivity index (χ0) is 19.1. The van der Waals surface area contributed by atoms with Gasteiger partial charge in [0.15, 0.2) is 6.61 Å². The first-order chi connectivity index (χ1) is 12.3. The lowest BCUT2D eigenvalue weighted by molar-refractivity contribution is -0.128. The van der Waals surface area contributed by atoms with Crippen LogP contribution in [0.1, 0.15) is 17.5 Å². The summed E-state index contributed by atoms with van der Waals surface area (Å²) in [5.74, 6) is 0.484. The van der Waals surface area contributed by atoms with Crippen LogP contribution in [0, 0.1) is 6.92 Å². The van der Waals surface area contributed by atoms with Crippen LogP contribution in [-0.4, -0.2) is 37.4 Å². The topological polar surface area (TPSA) is 58.6 Å². The highest BCUT2D eigenvalue weighted by atomic mass is 35.5. The van der Waals surface area contributed by atoms with Crippen LogP contribution in [0.4, 0.5) is 5.69 Å². The molecule has 26 heavy (non-hydrogen) atoms. The molecule has 0 saturated heterocycles. The van der Waals surface area contributed by atoms with Gasteiger partial charge >= 0.3 is 0 Å². The summed E-state index contributed by atoms with van der Waals surface area (Å²) in [6, 6.07) is 12.7. The van der Waals surface area contributed by atoms with Crippen LogP contribution >= 0.6 is 11.6 Å². The van der Waals surface area contributed by atoms with E-state index in [0.717, 1.165) is 11.1 Å². The van der Waals surface area contributed by atoms with Crippen molar-refractivity contribution in [3.8, 4) is 5.75 Å². The van der Waals surface area contributed by atoms with E-state index in [-0.39, 0.29) is 18.4 Å². The molecule has 0 bridgehead atoms. The summed E-state index contributed by atoms with van der Waals surface area (Å²) in [5.41, 5.74) is 2.61. The van der Waals surface area contributed by atoms with Crippen LogP contribution in [0.3, 0.4) is 0 Å². The third-order valence-corrected chi connectivity index (χ3v) is 4.09.